The smallest absolute Gasteiger partial charge is 0.284 e. The molecule has 0 atom stereocenters. The Balaban J connectivity index is 0.000001000. The molecule has 0 saturated heterocycles. The van der Waals surface area contributed by atoms with E-state index in [1.807, 2.05) is 13.0 Å². The fourth-order valence-electron chi connectivity index (χ4n) is 0.842. The Bertz CT molecular complexity index is 229. The number of aryl methyl sites for hydroxylation is 2. The van der Waals surface area contributed by atoms with Gasteiger partial charge in [-0.3, -0.25) is 4.39 Å². The number of halogens is 1. The molecule has 2 heteroatoms. The molecule has 0 aliphatic rings. The molecule has 0 spiro atoms. The van der Waals surface area contributed by atoms with Crippen molar-refractivity contribution < 1.29 is 37.1 Å². The van der Waals surface area contributed by atoms with E-state index in [1.165, 1.54) is 0 Å². The first kappa shape index (κ1) is 11.3. The Kier molecular flexibility index (Phi) is 4.42. The van der Waals surface area contributed by atoms with E-state index in [1.54, 1.807) is 13.8 Å². The summed E-state index contributed by atoms with van der Waals surface area (Å²) in [5.74, 6) is -0.125. The van der Waals surface area contributed by atoms with Crippen molar-refractivity contribution in [2.45, 2.75) is 20.8 Å². The van der Waals surface area contributed by atoms with Gasteiger partial charge in [0.25, 0.3) is 0 Å². The first-order valence-corrected chi connectivity index (χ1v) is 3.27. The fourth-order valence-corrected chi connectivity index (χ4v) is 0.842. The summed E-state index contributed by atoms with van der Waals surface area (Å²) in [6.45, 7) is 5.39. The van der Waals surface area contributed by atoms with Gasteiger partial charge in [-0.25, -0.2) is 0 Å². The molecule has 0 N–H and O–H groups in total. The molecule has 54 valence electrons. The first-order chi connectivity index (χ1) is 4.63. The van der Waals surface area contributed by atoms with Crippen LogP contribution in [0.1, 0.15) is 16.7 Å². The molecule has 11 heavy (non-hydrogen) atoms. The minimum atomic E-state index is -0.125. The van der Waals surface area contributed by atoms with Gasteiger partial charge in [-0.05, 0) is 0 Å². The Hall–Kier alpha value is 0.254. The molecule has 0 aliphatic heterocycles. The van der Waals surface area contributed by atoms with Crippen LogP contribution < -0.4 is 0 Å². The van der Waals surface area contributed by atoms with E-state index < -0.39 is 0 Å². The molecule has 0 saturated carbocycles. The van der Waals surface area contributed by atoms with Gasteiger partial charge in [0.15, 0.2) is 0 Å². The molecule has 1 aromatic carbocycles. The Morgan fingerprint density at radius 3 is 2.27 bits per heavy atom. The SMILES string of the molecule is Cc1[c-]cc(C)c(C)c1F.[Y+3]. The van der Waals surface area contributed by atoms with Crippen molar-refractivity contribution in [1.82, 2.24) is 0 Å². The van der Waals surface area contributed by atoms with Crippen LogP contribution in [0.5, 0.6) is 0 Å². The zero-order chi connectivity index (χ0) is 7.72. The third-order valence-corrected chi connectivity index (χ3v) is 1.76. The average Bonchev–Trinajstić information content (AvgIpc) is 1.93. The van der Waals surface area contributed by atoms with E-state index in [0.29, 0.717) is 5.56 Å². The van der Waals surface area contributed by atoms with Crippen molar-refractivity contribution >= 4 is 0 Å². The van der Waals surface area contributed by atoms with Gasteiger partial charge >= 0.3 is 32.7 Å². The number of hydrogen-bond donors (Lipinski definition) is 0. The summed E-state index contributed by atoms with van der Waals surface area (Å²) in [7, 11) is 0. The first-order valence-electron chi connectivity index (χ1n) is 3.27. The molecular weight excluding hydrogens is 216 g/mol. The van der Waals surface area contributed by atoms with Gasteiger partial charge in [-0.1, -0.05) is 20.8 Å². The van der Waals surface area contributed by atoms with E-state index >= 15 is 0 Å². The van der Waals surface area contributed by atoms with Gasteiger partial charge in [0.05, 0.1) is 0 Å². The summed E-state index contributed by atoms with van der Waals surface area (Å²) in [5.41, 5.74) is 2.29. The maximum Gasteiger partial charge on any atom is 3.00 e. The van der Waals surface area contributed by atoms with Gasteiger partial charge in [0.1, 0.15) is 0 Å². The topological polar surface area (TPSA) is 0 Å². The molecule has 0 radical (unpaired) electrons. The minimum absolute atomic E-state index is 0. The molecular formula is C9H10FY+2. The fraction of sp³-hybridized carbons (Fsp3) is 0.333. The Morgan fingerprint density at radius 1 is 1.27 bits per heavy atom. The monoisotopic (exact) mass is 226 g/mol. The zero-order valence-corrected chi connectivity index (χ0v) is 9.87. The van der Waals surface area contributed by atoms with Crippen molar-refractivity contribution in [2.24, 2.45) is 0 Å². The van der Waals surface area contributed by atoms with Crippen molar-refractivity contribution in [2.75, 3.05) is 0 Å². The van der Waals surface area contributed by atoms with Crippen LogP contribution in [-0.4, -0.2) is 0 Å². The number of hydrogen-bond acceptors (Lipinski definition) is 0. The van der Waals surface area contributed by atoms with E-state index in [9.17, 15) is 4.39 Å². The second kappa shape index (κ2) is 4.32. The van der Waals surface area contributed by atoms with Crippen LogP contribution in [0.4, 0.5) is 4.39 Å². The summed E-state index contributed by atoms with van der Waals surface area (Å²) >= 11 is 0. The molecule has 0 aromatic heterocycles. The quantitative estimate of drug-likeness (QED) is 0.596. The van der Waals surface area contributed by atoms with Gasteiger partial charge in [0.2, 0.25) is 0 Å². The second-order valence-electron chi connectivity index (χ2n) is 2.54. The van der Waals surface area contributed by atoms with E-state index in [2.05, 4.69) is 6.07 Å². The molecule has 0 amide bonds. The molecule has 1 rings (SSSR count). The predicted molar refractivity (Wildman–Crippen MR) is 39.4 cm³/mol. The summed E-state index contributed by atoms with van der Waals surface area (Å²) < 4.78 is 13.0. The van der Waals surface area contributed by atoms with Gasteiger partial charge < -0.3 is 0 Å². The van der Waals surface area contributed by atoms with Crippen molar-refractivity contribution in [3.05, 3.63) is 34.6 Å². The van der Waals surface area contributed by atoms with E-state index in [0.717, 1.165) is 11.1 Å². The third kappa shape index (κ3) is 2.35. The average molecular weight is 226 g/mol. The Labute approximate surface area is 92.1 Å². The van der Waals surface area contributed by atoms with Crippen LogP contribution in [-0.2, 0) is 32.7 Å². The third-order valence-electron chi connectivity index (χ3n) is 1.76. The van der Waals surface area contributed by atoms with Gasteiger partial charge in [-0.2, -0.15) is 17.7 Å². The largest absolute Gasteiger partial charge is 3.00 e. The summed E-state index contributed by atoms with van der Waals surface area (Å²) in [6, 6.07) is 4.65. The second-order valence-corrected chi connectivity index (χ2v) is 2.54. The molecule has 0 fully saturated rings. The normalized spacial score (nSPS) is 9.09. The zero-order valence-electron chi connectivity index (χ0n) is 7.03. The maximum absolute atomic E-state index is 13.0. The standard InChI is InChI=1S/C9H10F.Y/c1-6-4-5-7(2)9(10)8(6)3;/h4H,1-3H3;/q-1;+3. The molecule has 0 heterocycles. The predicted octanol–water partition coefficient (Wildman–Crippen LogP) is 2.55. The van der Waals surface area contributed by atoms with Crippen LogP contribution >= 0.6 is 0 Å². The summed E-state index contributed by atoms with van der Waals surface area (Å²) in [4.78, 5) is 0. The number of rotatable bonds is 0. The van der Waals surface area contributed by atoms with Crippen LogP contribution in [0.25, 0.3) is 0 Å². The molecule has 0 nitrogen and oxygen atoms in total. The van der Waals surface area contributed by atoms with Crippen molar-refractivity contribution in [3.8, 4) is 0 Å². The van der Waals surface area contributed by atoms with Gasteiger partial charge in [-0.15, -0.1) is 11.1 Å². The maximum atomic E-state index is 13.0. The van der Waals surface area contributed by atoms with Crippen LogP contribution in [0.15, 0.2) is 6.07 Å². The minimum Gasteiger partial charge on any atom is -0.284 e. The molecule has 0 unspecified atom stereocenters. The molecule has 0 bridgehead atoms. The van der Waals surface area contributed by atoms with Crippen molar-refractivity contribution in [1.29, 1.82) is 0 Å². The van der Waals surface area contributed by atoms with E-state index in [-0.39, 0.29) is 38.5 Å². The van der Waals surface area contributed by atoms with Crippen LogP contribution in [0, 0.1) is 32.7 Å². The molecule has 0 aliphatic carbocycles. The van der Waals surface area contributed by atoms with Crippen LogP contribution in [0.2, 0.25) is 0 Å². The summed E-state index contributed by atoms with van der Waals surface area (Å²) in [5, 5.41) is 0. The Morgan fingerprint density at radius 2 is 1.82 bits per heavy atom. The molecule has 1 aromatic rings. The summed E-state index contributed by atoms with van der Waals surface area (Å²) in [6.07, 6.45) is 0. The number of benzene rings is 1. The van der Waals surface area contributed by atoms with Gasteiger partial charge in [0, 0.05) is 5.82 Å². The van der Waals surface area contributed by atoms with Crippen molar-refractivity contribution in [3.63, 3.8) is 0 Å². The van der Waals surface area contributed by atoms with Crippen LogP contribution in [0.3, 0.4) is 0 Å². The van der Waals surface area contributed by atoms with E-state index in [4.69, 9.17) is 0 Å².